The smallest absolute Gasteiger partial charge is 0.0659 e. The molecule has 0 bridgehead atoms. The van der Waals surface area contributed by atoms with Gasteiger partial charge in [-0.3, -0.25) is 0 Å². The monoisotopic (exact) mass is 212 g/mol. The Kier molecular flexibility index (Phi) is 4.77. The third-order valence-electron chi connectivity index (χ3n) is 3.37. The van der Waals surface area contributed by atoms with E-state index in [0.29, 0.717) is 25.1 Å². The minimum atomic E-state index is -0.0779. The van der Waals surface area contributed by atoms with Crippen LogP contribution in [0.25, 0.3) is 0 Å². The van der Waals surface area contributed by atoms with Crippen LogP contribution in [-0.2, 0) is 4.74 Å². The van der Waals surface area contributed by atoms with Crippen LogP contribution in [0.5, 0.6) is 0 Å². The first kappa shape index (κ1) is 12.7. The van der Waals surface area contributed by atoms with Crippen molar-refractivity contribution in [1.82, 2.24) is 5.32 Å². The Morgan fingerprint density at radius 2 is 2.07 bits per heavy atom. The van der Waals surface area contributed by atoms with Crippen LogP contribution in [0, 0.1) is 5.92 Å². The molecule has 0 aromatic rings. The standard InChI is InChI=1S/C12H24N2O/c1-10(2)12(8-13,9-15-3)14-11-6-4-5-7-11/h4-5,10-11,14H,6-9,13H2,1-3H3. The van der Waals surface area contributed by atoms with E-state index in [9.17, 15) is 0 Å². The molecular formula is C12H24N2O. The van der Waals surface area contributed by atoms with Gasteiger partial charge in [0.1, 0.15) is 0 Å². The molecular weight excluding hydrogens is 188 g/mol. The molecule has 1 atom stereocenters. The van der Waals surface area contributed by atoms with Gasteiger partial charge < -0.3 is 15.8 Å². The zero-order valence-corrected chi connectivity index (χ0v) is 10.1. The van der Waals surface area contributed by atoms with Crippen molar-refractivity contribution in [1.29, 1.82) is 0 Å². The molecule has 1 unspecified atom stereocenters. The summed E-state index contributed by atoms with van der Waals surface area (Å²) in [5.41, 5.74) is 5.83. The average molecular weight is 212 g/mol. The van der Waals surface area contributed by atoms with E-state index < -0.39 is 0 Å². The summed E-state index contributed by atoms with van der Waals surface area (Å²) in [5, 5.41) is 3.67. The zero-order chi connectivity index (χ0) is 11.3. The highest BCUT2D eigenvalue weighted by atomic mass is 16.5. The molecule has 3 N–H and O–H groups in total. The predicted molar refractivity (Wildman–Crippen MR) is 63.8 cm³/mol. The first-order valence-corrected chi connectivity index (χ1v) is 5.76. The Bertz CT molecular complexity index is 208. The number of rotatable bonds is 6. The van der Waals surface area contributed by atoms with Gasteiger partial charge in [-0.1, -0.05) is 26.0 Å². The molecule has 15 heavy (non-hydrogen) atoms. The highest BCUT2D eigenvalue weighted by Gasteiger charge is 2.34. The minimum absolute atomic E-state index is 0.0779. The zero-order valence-electron chi connectivity index (χ0n) is 10.1. The van der Waals surface area contributed by atoms with Crippen molar-refractivity contribution in [3.05, 3.63) is 12.2 Å². The van der Waals surface area contributed by atoms with Gasteiger partial charge in [0.05, 0.1) is 12.1 Å². The van der Waals surface area contributed by atoms with Gasteiger partial charge in [-0.2, -0.15) is 0 Å². The fourth-order valence-corrected chi connectivity index (χ4v) is 2.13. The van der Waals surface area contributed by atoms with Crippen molar-refractivity contribution in [2.75, 3.05) is 20.3 Å². The number of ether oxygens (including phenoxy) is 1. The highest BCUT2D eigenvalue weighted by molar-refractivity contribution is 5.03. The summed E-state index contributed by atoms with van der Waals surface area (Å²) in [6.07, 6.45) is 6.68. The van der Waals surface area contributed by atoms with E-state index in [-0.39, 0.29) is 5.54 Å². The Balaban J connectivity index is 2.61. The van der Waals surface area contributed by atoms with E-state index in [1.807, 2.05) is 0 Å². The molecule has 0 aliphatic heterocycles. The van der Waals surface area contributed by atoms with E-state index >= 15 is 0 Å². The fourth-order valence-electron chi connectivity index (χ4n) is 2.13. The molecule has 0 saturated heterocycles. The van der Waals surface area contributed by atoms with E-state index in [4.69, 9.17) is 10.5 Å². The number of nitrogens with two attached hydrogens (primary N) is 1. The van der Waals surface area contributed by atoms with E-state index in [0.717, 1.165) is 12.8 Å². The van der Waals surface area contributed by atoms with Crippen LogP contribution >= 0.6 is 0 Å². The lowest BCUT2D eigenvalue weighted by atomic mass is 9.86. The van der Waals surface area contributed by atoms with Crippen LogP contribution in [0.2, 0.25) is 0 Å². The second-order valence-corrected chi connectivity index (χ2v) is 4.73. The molecule has 0 fully saturated rings. The Hall–Kier alpha value is -0.380. The SMILES string of the molecule is COCC(CN)(NC1CC=CC1)C(C)C. The second-order valence-electron chi connectivity index (χ2n) is 4.73. The van der Waals surface area contributed by atoms with E-state index in [2.05, 4.69) is 31.3 Å². The third kappa shape index (κ3) is 3.03. The summed E-state index contributed by atoms with van der Waals surface area (Å²) in [4.78, 5) is 0. The molecule has 1 rings (SSSR count). The summed E-state index contributed by atoms with van der Waals surface area (Å²) in [7, 11) is 1.74. The summed E-state index contributed by atoms with van der Waals surface area (Å²) in [6.45, 7) is 5.69. The topological polar surface area (TPSA) is 47.3 Å². The summed E-state index contributed by atoms with van der Waals surface area (Å²) in [5.74, 6) is 0.475. The molecule has 0 spiro atoms. The van der Waals surface area contributed by atoms with Crippen molar-refractivity contribution >= 4 is 0 Å². The first-order chi connectivity index (χ1) is 7.14. The van der Waals surface area contributed by atoms with Gasteiger partial charge in [-0.25, -0.2) is 0 Å². The van der Waals surface area contributed by atoms with Crippen LogP contribution in [0.3, 0.4) is 0 Å². The summed E-state index contributed by atoms with van der Waals surface area (Å²) >= 11 is 0. The Labute approximate surface area is 93.1 Å². The average Bonchev–Trinajstić information content (AvgIpc) is 2.69. The fraction of sp³-hybridized carbons (Fsp3) is 0.833. The summed E-state index contributed by atoms with van der Waals surface area (Å²) < 4.78 is 5.31. The molecule has 0 radical (unpaired) electrons. The van der Waals surface area contributed by atoms with Crippen LogP contribution in [0.15, 0.2) is 12.2 Å². The van der Waals surface area contributed by atoms with E-state index in [1.54, 1.807) is 7.11 Å². The molecule has 1 aliphatic rings. The number of hydrogen-bond acceptors (Lipinski definition) is 3. The number of methoxy groups -OCH3 is 1. The number of hydrogen-bond donors (Lipinski definition) is 2. The van der Waals surface area contributed by atoms with Crippen LogP contribution in [0.1, 0.15) is 26.7 Å². The lowest BCUT2D eigenvalue weighted by Crippen LogP contribution is -2.61. The van der Waals surface area contributed by atoms with E-state index in [1.165, 1.54) is 0 Å². The van der Waals surface area contributed by atoms with Crippen molar-refractivity contribution in [2.45, 2.75) is 38.3 Å². The van der Waals surface area contributed by atoms with Crippen molar-refractivity contribution in [3.63, 3.8) is 0 Å². The molecule has 0 heterocycles. The number of nitrogens with one attached hydrogen (secondary N) is 1. The quantitative estimate of drug-likeness (QED) is 0.652. The Morgan fingerprint density at radius 1 is 1.47 bits per heavy atom. The van der Waals surface area contributed by atoms with Crippen LogP contribution < -0.4 is 11.1 Å². The largest absolute Gasteiger partial charge is 0.383 e. The van der Waals surface area contributed by atoms with Crippen molar-refractivity contribution in [2.24, 2.45) is 11.7 Å². The molecule has 3 heteroatoms. The van der Waals surface area contributed by atoms with Gasteiger partial charge in [0.2, 0.25) is 0 Å². The second kappa shape index (κ2) is 5.64. The van der Waals surface area contributed by atoms with Gasteiger partial charge in [0, 0.05) is 19.7 Å². The maximum absolute atomic E-state index is 5.91. The maximum atomic E-state index is 5.91. The Morgan fingerprint density at radius 3 is 2.47 bits per heavy atom. The lowest BCUT2D eigenvalue weighted by molar-refractivity contribution is 0.0750. The van der Waals surface area contributed by atoms with Gasteiger partial charge in [0.25, 0.3) is 0 Å². The van der Waals surface area contributed by atoms with Gasteiger partial charge >= 0.3 is 0 Å². The highest BCUT2D eigenvalue weighted by Crippen LogP contribution is 2.21. The molecule has 0 amide bonds. The first-order valence-electron chi connectivity index (χ1n) is 5.76. The van der Waals surface area contributed by atoms with Gasteiger partial charge in [0.15, 0.2) is 0 Å². The van der Waals surface area contributed by atoms with Crippen LogP contribution in [-0.4, -0.2) is 31.8 Å². The molecule has 88 valence electrons. The third-order valence-corrected chi connectivity index (χ3v) is 3.37. The van der Waals surface area contributed by atoms with Crippen LogP contribution in [0.4, 0.5) is 0 Å². The molecule has 3 nitrogen and oxygen atoms in total. The maximum Gasteiger partial charge on any atom is 0.0659 e. The van der Waals surface area contributed by atoms with Crippen molar-refractivity contribution < 1.29 is 4.74 Å². The summed E-state index contributed by atoms with van der Waals surface area (Å²) in [6, 6.07) is 0.533. The molecule has 0 saturated carbocycles. The van der Waals surface area contributed by atoms with Crippen molar-refractivity contribution in [3.8, 4) is 0 Å². The molecule has 1 aliphatic carbocycles. The normalized spacial score (nSPS) is 21.1. The lowest BCUT2D eigenvalue weighted by Gasteiger charge is -2.39. The predicted octanol–water partition coefficient (Wildman–Crippen LogP) is 1.29. The van der Waals surface area contributed by atoms with Gasteiger partial charge in [-0.15, -0.1) is 0 Å². The molecule has 0 aromatic heterocycles. The minimum Gasteiger partial charge on any atom is -0.383 e. The van der Waals surface area contributed by atoms with Gasteiger partial charge in [-0.05, 0) is 18.8 Å². The molecule has 0 aromatic carbocycles.